The molecule has 1 aromatic carbocycles. The predicted molar refractivity (Wildman–Crippen MR) is 87.8 cm³/mol. The van der Waals surface area contributed by atoms with E-state index < -0.39 is 11.0 Å². The molecule has 0 fully saturated rings. The van der Waals surface area contributed by atoms with Crippen molar-refractivity contribution in [1.29, 1.82) is 0 Å². The molecule has 106 valence electrons. The summed E-state index contributed by atoms with van der Waals surface area (Å²) < 4.78 is 15.6. The van der Waals surface area contributed by atoms with Crippen molar-refractivity contribution >= 4 is 28.5 Å². The maximum atomic E-state index is 11.8. The maximum absolute atomic E-state index is 11.8. The van der Waals surface area contributed by atoms with Crippen LogP contribution in [-0.2, 0) is 11.0 Å². The summed E-state index contributed by atoms with van der Waals surface area (Å²) in [6.07, 6.45) is 1.67. The largest absolute Gasteiger partial charge is 0.249 e. The average molecular weight is 306 g/mol. The first-order chi connectivity index (χ1) is 9.38. The van der Waals surface area contributed by atoms with Gasteiger partial charge < -0.3 is 0 Å². The lowest BCUT2D eigenvalue weighted by atomic mass is 10.1. The van der Waals surface area contributed by atoms with Gasteiger partial charge in [0.05, 0.1) is 20.8 Å². The number of benzene rings is 1. The summed E-state index contributed by atoms with van der Waals surface area (Å²) in [5.74, 6) is 0. The number of rotatable bonds is 3. The monoisotopic (exact) mass is 306 g/mol. The minimum Gasteiger partial charge on any atom is -0.249 e. The van der Waals surface area contributed by atoms with Gasteiger partial charge in [0.2, 0.25) is 0 Å². The zero-order chi connectivity index (χ0) is 14.8. The molecule has 5 heteroatoms. The van der Waals surface area contributed by atoms with Crippen molar-refractivity contribution in [2.24, 2.45) is 4.40 Å². The highest BCUT2D eigenvalue weighted by Crippen LogP contribution is 2.26. The second kappa shape index (κ2) is 5.97. The van der Waals surface area contributed by atoms with E-state index in [4.69, 9.17) is 0 Å². The predicted octanol–water partition coefficient (Wildman–Crippen LogP) is 4.00. The Bertz CT molecular complexity index is 637. The molecule has 0 radical (unpaired) electrons. The lowest BCUT2D eigenvalue weighted by Gasteiger charge is -2.12. The summed E-state index contributed by atoms with van der Waals surface area (Å²) in [7, 11) is -1.21. The summed E-state index contributed by atoms with van der Waals surface area (Å²) >= 11 is 1.64. The smallest absolute Gasteiger partial charge is 0.144 e. The van der Waals surface area contributed by atoms with Crippen molar-refractivity contribution in [3.05, 3.63) is 41.0 Å². The molecular weight excluding hydrogens is 288 g/mol. The molecule has 1 atom stereocenters. The van der Waals surface area contributed by atoms with Gasteiger partial charge in [0, 0.05) is 6.21 Å². The van der Waals surface area contributed by atoms with Gasteiger partial charge in [-0.05, 0) is 38.8 Å². The van der Waals surface area contributed by atoms with E-state index in [2.05, 4.69) is 9.38 Å². The van der Waals surface area contributed by atoms with Crippen LogP contribution in [0.1, 0.15) is 32.0 Å². The van der Waals surface area contributed by atoms with Crippen LogP contribution in [0.5, 0.6) is 0 Å². The molecule has 0 spiro atoms. The molecule has 1 aromatic heterocycles. The van der Waals surface area contributed by atoms with E-state index in [1.54, 1.807) is 17.6 Å². The molecule has 0 N–H and O–H groups in total. The minimum atomic E-state index is -1.21. The van der Waals surface area contributed by atoms with E-state index in [9.17, 15) is 4.21 Å². The summed E-state index contributed by atoms with van der Waals surface area (Å²) in [4.78, 5) is 5.44. The summed E-state index contributed by atoms with van der Waals surface area (Å²) in [6.45, 7) is 7.75. The lowest BCUT2D eigenvalue weighted by Crippen LogP contribution is -2.19. The van der Waals surface area contributed by atoms with Crippen LogP contribution in [-0.4, -0.2) is 20.2 Å². The Labute approximate surface area is 126 Å². The normalized spacial score (nSPS) is 13.8. The highest BCUT2D eigenvalue weighted by Gasteiger charge is 2.18. The second-order valence-corrected chi connectivity index (χ2v) is 8.27. The van der Waals surface area contributed by atoms with Crippen molar-refractivity contribution in [1.82, 2.24) is 4.98 Å². The first kappa shape index (κ1) is 15.1. The molecule has 2 aromatic rings. The number of hydrogen-bond donors (Lipinski definition) is 0. The summed E-state index contributed by atoms with van der Waals surface area (Å²) in [5.41, 5.74) is 5.00. The molecule has 0 aliphatic carbocycles. The molecule has 0 aliphatic heterocycles. The third-order valence-electron chi connectivity index (χ3n) is 2.74. The van der Waals surface area contributed by atoms with Crippen LogP contribution in [0.3, 0.4) is 0 Å². The van der Waals surface area contributed by atoms with Gasteiger partial charge in [-0.2, -0.15) is 4.40 Å². The van der Waals surface area contributed by atoms with E-state index in [1.807, 2.05) is 57.5 Å². The Morgan fingerprint density at radius 3 is 2.40 bits per heavy atom. The maximum Gasteiger partial charge on any atom is 0.144 e. The number of thiazole rings is 1. The van der Waals surface area contributed by atoms with Crippen LogP contribution < -0.4 is 0 Å². The van der Waals surface area contributed by atoms with Gasteiger partial charge in [0.15, 0.2) is 0 Å². The van der Waals surface area contributed by atoms with Crippen molar-refractivity contribution in [2.75, 3.05) is 0 Å². The van der Waals surface area contributed by atoms with Crippen molar-refractivity contribution < 1.29 is 4.21 Å². The van der Waals surface area contributed by atoms with Crippen molar-refractivity contribution in [3.8, 4) is 10.4 Å². The molecule has 0 aliphatic rings. The fourth-order valence-electron chi connectivity index (χ4n) is 1.57. The topological polar surface area (TPSA) is 42.3 Å². The standard InChI is InChI=1S/C15H18N2OS2/c1-11-14(19-10-16-11)13-7-5-12(6-8-13)9-17-20(18)15(2,3)4/h5-10H,1-4H3/b17-9+/t20-/m1/s1. The van der Waals surface area contributed by atoms with Crippen molar-refractivity contribution in [3.63, 3.8) is 0 Å². The fourth-order valence-corrected chi connectivity index (χ4v) is 2.91. The minimum absolute atomic E-state index is 0.323. The van der Waals surface area contributed by atoms with E-state index in [1.165, 1.54) is 4.88 Å². The molecule has 0 unspecified atom stereocenters. The van der Waals surface area contributed by atoms with Crippen LogP contribution >= 0.6 is 11.3 Å². The molecule has 3 nitrogen and oxygen atoms in total. The third-order valence-corrected chi connectivity index (χ3v) is 5.06. The first-order valence-corrected chi connectivity index (χ1v) is 8.33. The van der Waals surface area contributed by atoms with Gasteiger partial charge >= 0.3 is 0 Å². The molecule has 0 bridgehead atoms. The molecular formula is C15H18N2OS2. The lowest BCUT2D eigenvalue weighted by molar-refractivity contribution is 0.651. The van der Waals surface area contributed by atoms with Gasteiger partial charge in [-0.25, -0.2) is 9.19 Å². The molecule has 2 rings (SSSR count). The van der Waals surface area contributed by atoms with Gasteiger partial charge in [-0.3, -0.25) is 0 Å². The Kier molecular flexibility index (Phi) is 4.50. The quantitative estimate of drug-likeness (QED) is 0.804. The zero-order valence-electron chi connectivity index (χ0n) is 12.1. The summed E-state index contributed by atoms with van der Waals surface area (Å²) in [5, 5.41) is 0. The van der Waals surface area contributed by atoms with Crippen LogP contribution in [0.4, 0.5) is 0 Å². The zero-order valence-corrected chi connectivity index (χ0v) is 13.7. The number of nitrogens with zero attached hydrogens (tertiary/aromatic N) is 2. The molecule has 0 saturated carbocycles. The fraction of sp³-hybridized carbons (Fsp3) is 0.333. The Hall–Kier alpha value is -1.33. The SMILES string of the molecule is Cc1ncsc1-c1ccc(/C=N/[S@](=O)C(C)(C)C)cc1. The highest BCUT2D eigenvalue weighted by atomic mass is 32.2. The van der Waals surface area contributed by atoms with Crippen molar-refractivity contribution in [2.45, 2.75) is 32.4 Å². The van der Waals surface area contributed by atoms with E-state index in [0.29, 0.717) is 0 Å². The van der Waals surface area contributed by atoms with Gasteiger partial charge in [-0.1, -0.05) is 24.3 Å². The molecule has 0 saturated heterocycles. The molecule has 0 amide bonds. The Morgan fingerprint density at radius 1 is 1.25 bits per heavy atom. The van der Waals surface area contributed by atoms with Crippen LogP contribution in [0.15, 0.2) is 34.2 Å². The number of aryl methyl sites for hydroxylation is 1. The average Bonchev–Trinajstić information content (AvgIpc) is 2.82. The number of aromatic nitrogens is 1. The second-order valence-electron chi connectivity index (χ2n) is 5.48. The molecule has 20 heavy (non-hydrogen) atoms. The van der Waals surface area contributed by atoms with Gasteiger partial charge in [-0.15, -0.1) is 11.3 Å². The van der Waals surface area contributed by atoms with Crippen LogP contribution in [0.2, 0.25) is 0 Å². The van der Waals surface area contributed by atoms with E-state index in [-0.39, 0.29) is 4.75 Å². The van der Waals surface area contributed by atoms with Crippen LogP contribution in [0.25, 0.3) is 10.4 Å². The Morgan fingerprint density at radius 2 is 1.90 bits per heavy atom. The third kappa shape index (κ3) is 3.61. The molecule has 1 heterocycles. The van der Waals surface area contributed by atoms with E-state index >= 15 is 0 Å². The van der Waals surface area contributed by atoms with Gasteiger partial charge in [0.25, 0.3) is 0 Å². The number of hydrogen-bond acceptors (Lipinski definition) is 3. The van der Waals surface area contributed by atoms with Crippen LogP contribution in [0, 0.1) is 6.92 Å². The van der Waals surface area contributed by atoms with E-state index in [0.717, 1.165) is 16.8 Å². The first-order valence-electron chi connectivity index (χ1n) is 6.34. The van der Waals surface area contributed by atoms with Gasteiger partial charge in [0.1, 0.15) is 11.0 Å². The summed E-state index contributed by atoms with van der Waals surface area (Å²) in [6, 6.07) is 8.06. The Balaban J connectivity index is 2.16. The highest BCUT2D eigenvalue weighted by molar-refractivity contribution is 7.85.